The molecule has 0 atom stereocenters. The molecule has 17 heavy (non-hydrogen) atoms. The van der Waals surface area contributed by atoms with Crippen molar-refractivity contribution in [2.45, 2.75) is 12.8 Å². The number of carbonyl (C=O) groups excluding carboxylic acids is 2. The summed E-state index contributed by atoms with van der Waals surface area (Å²) in [6.45, 7) is 3.50. The van der Waals surface area contributed by atoms with E-state index in [1.807, 2.05) is 0 Å². The van der Waals surface area contributed by atoms with E-state index in [2.05, 4.69) is 22.2 Å². The van der Waals surface area contributed by atoms with Crippen molar-refractivity contribution in [1.29, 1.82) is 0 Å². The van der Waals surface area contributed by atoms with Gasteiger partial charge in [0.05, 0.1) is 5.69 Å². The van der Waals surface area contributed by atoms with Crippen LogP contribution in [0, 0.1) is 0 Å². The fourth-order valence-corrected chi connectivity index (χ4v) is 2.38. The maximum Gasteiger partial charge on any atom is 0.285 e. The highest BCUT2D eigenvalue weighted by molar-refractivity contribution is 7.17. The van der Waals surface area contributed by atoms with E-state index in [1.54, 1.807) is 0 Å². The van der Waals surface area contributed by atoms with Gasteiger partial charge >= 0.3 is 0 Å². The van der Waals surface area contributed by atoms with Crippen LogP contribution in [0.3, 0.4) is 0 Å². The lowest BCUT2D eigenvalue weighted by Crippen LogP contribution is -2.21. The molecule has 2 heterocycles. The third kappa shape index (κ3) is 2.50. The second-order valence-electron chi connectivity index (χ2n) is 3.51. The lowest BCUT2D eigenvalue weighted by molar-refractivity contribution is -0.114. The van der Waals surface area contributed by atoms with Gasteiger partial charge in [0.1, 0.15) is 4.88 Å². The van der Waals surface area contributed by atoms with Crippen molar-refractivity contribution in [2.24, 2.45) is 0 Å². The molecular formula is C10H10FN3O2S. The number of anilines is 1. The van der Waals surface area contributed by atoms with Crippen LogP contribution in [0.1, 0.15) is 21.8 Å². The number of nitrogens with one attached hydrogen (secondary N) is 2. The molecule has 2 rings (SSSR count). The Labute approximate surface area is 101 Å². The van der Waals surface area contributed by atoms with Crippen molar-refractivity contribution in [3.05, 3.63) is 23.0 Å². The van der Waals surface area contributed by atoms with Crippen LogP contribution < -0.4 is 10.6 Å². The smallest absolute Gasteiger partial charge is 0.285 e. The van der Waals surface area contributed by atoms with Crippen molar-refractivity contribution in [3.8, 4) is 0 Å². The Kier molecular flexibility index (Phi) is 3.19. The van der Waals surface area contributed by atoms with Crippen LogP contribution in [-0.2, 0) is 11.2 Å². The summed E-state index contributed by atoms with van der Waals surface area (Å²) >= 11 is 1.04. The summed E-state index contributed by atoms with van der Waals surface area (Å²) in [6, 6.07) is 0. The fraction of sp³-hybridized carbons (Fsp3) is 0.300. The molecule has 0 unspecified atom stereocenters. The minimum absolute atomic E-state index is 0.199. The Morgan fingerprint density at radius 3 is 3.06 bits per heavy atom. The number of rotatable bonds is 2. The molecule has 90 valence electrons. The van der Waals surface area contributed by atoms with E-state index in [-0.39, 0.29) is 11.0 Å². The van der Waals surface area contributed by atoms with Crippen LogP contribution in [0.4, 0.5) is 9.52 Å². The highest BCUT2D eigenvalue weighted by Gasteiger charge is 2.21. The maximum absolute atomic E-state index is 12.5. The van der Waals surface area contributed by atoms with Crippen molar-refractivity contribution in [2.75, 3.05) is 11.9 Å². The molecule has 0 aliphatic carbocycles. The van der Waals surface area contributed by atoms with Gasteiger partial charge in [0.2, 0.25) is 0 Å². The van der Waals surface area contributed by atoms with Gasteiger partial charge in [-0.2, -0.15) is 0 Å². The first-order valence-corrected chi connectivity index (χ1v) is 5.83. The van der Waals surface area contributed by atoms with E-state index < -0.39 is 11.7 Å². The largest absolute Gasteiger partial charge is 0.351 e. The Hall–Kier alpha value is -1.76. The van der Waals surface area contributed by atoms with Gasteiger partial charge in [0, 0.05) is 6.54 Å². The van der Waals surface area contributed by atoms with E-state index in [4.69, 9.17) is 0 Å². The van der Waals surface area contributed by atoms with Gasteiger partial charge in [-0.1, -0.05) is 17.9 Å². The molecule has 1 aliphatic rings. The van der Waals surface area contributed by atoms with Crippen molar-refractivity contribution < 1.29 is 14.0 Å². The summed E-state index contributed by atoms with van der Waals surface area (Å²) in [5.74, 6) is -2.22. The van der Waals surface area contributed by atoms with Crippen molar-refractivity contribution in [3.63, 3.8) is 0 Å². The number of fused-ring (bicyclic) bond motifs is 1. The summed E-state index contributed by atoms with van der Waals surface area (Å²) in [5.41, 5.74) is 0.643. The Balaban J connectivity index is 2.22. The second kappa shape index (κ2) is 4.62. The standard InChI is InChI=1S/C10H10FN3O2S/c1-5(11)8(15)14-10-13-6-3-2-4-12-9(16)7(6)17-10/h1-4H2,(H,12,16)(H,13,14,15). The number of hydrogen-bond acceptors (Lipinski definition) is 4. The van der Waals surface area contributed by atoms with Crippen LogP contribution in [0.25, 0.3) is 0 Å². The first-order chi connectivity index (χ1) is 8.08. The number of aryl methyl sites for hydroxylation is 1. The number of thiazole rings is 1. The van der Waals surface area contributed by atoms with Crippen molar-refractivity contribution in [1.82, 2.24) is 10.3 Å². The van der Waals surface area contributed by atoms with E-state index in [9.17, 15) is 14.0 Å². The number of aromatic nitrogens is 1. The monoisotopic (exact) mass is 255 g/mol. The van der Waals surface area contributed by atoms with Gasteiger partial charge in [0.25, 0.3) is 11.8 Å². The molecule has 2 amide bonds. The highest BCUT2D eigenvalue weighted by atomic mass is 32.1. The van der Waals surface area contributed by atoms with Crippen LogP contribution in [-0.4, -0.2) is 23.3 Å². The molecule has 0 spiro atoms. The molecule has 0 bridgehead atoms. The van der Waals surface area contributed by atoms with E-state index >= 15 is 0 Å². The zero-order valence-electron chi connectivity index (χ0n) is 8.88. The molecule has 1 aromatic heterocycles. The topological polar surface area (TPSA) is 71.1 Å². The van der Waals surface area contributed by atoms with E-state index in [0.29, 0.717) is 23.5 Å². The maximum atomic E-state index is 12.5. The van der Waals surface area contributed by atoms with Crippen molar-refractivity contribution >= 4 is 28.3 Å². The zero-order valence-corrected chi connectivity index (χ0v) is 9.69. The van der Waals surface area contributed by atoms with Gasteiger partial charge < -0.3 is 5.32 Å². The average Bonchev–Trinajstić information content (AvgIpc) is 2.59. The van der Waals surface area contributed by atoms with Crippen LogP contribution in [0.2, 0.25) is 0 Å². The zero-order chi connectivity index (χ0) is 12.4. The Bertz CT molecular complexity index is 498. The average molecular weight is 255 g/mol. The van der Waals surface area contributed by atoms with Crippen LogP contribution >= 0.6 is 11.3 Å². The summed E-state index contributed by atoms with van der Waals surface area (Å²) < 4.78 is 12.5. The third-order valence-electron chi connectivity index (χ3n) is 2.25. The first kappa shape index (κ1) is 11.7. The number of nitrogens with zero attached hydrogens (tertiary/aromatic N) is 1. The minimum atomic E-state index is -1.08. The summed E-state index contributed by atoms with van der Waals surface area (Å²) in [7, 11) is 0. The molecule has 0 saturated carbocycles. The predicted molar refractivity (Wildman–Crippen MR) is 61.6 cm³/mol. The minimum Gasteiger partial charge on any atom is -0.351 e. The summed E-state index contributed by atoms with van der Waals surface area (Å²) in [4.78, 5) is 27.2. The first-order valence-electron chi connectivity index (χ1n) is 5.01. The molecule has 7 heteroatoms. The SMILES string of the molecule is C=C(F)C(=O)Nc1nc2c(s1)C(=O)NCCC2. The number of amides is 2. The number of carbonyl (C=O) groups is 2. The van der Waals surface area contributed by atoms with E-state index in [1.165, 1.54) is 0 Å². The molecule has 2 N–H and O–H groups in total. The van der Waals surface area contributed by atoms with Gasteiger partial charge in [-0.05, 0) is 12.8 Å². The fourth-order valence-electron chi connectivity index (χ4n) is 1.46. The van der Waals surface area contributed by atoms with Crippen LogP contribution in [0.15, 0.2) is 12.4 Å². The summed E-state index contributed by atoms with van der Waals surface area (Å²) in [5, 5.41) is 5.19. The Morgan fingerprint density at radius 1 is 1.59 bits per heavy atom. The number of halogens is 1. The molecule has 0 radical (unpaired) electrons. The predicted octanol–water partition coefficient (Wildman–Crippen LogP) is 1.24. The normalized spacial score (nSPS) is 14.5. The molecule has 5 nitrogen and oxygen atoms in total. The molecule has 1 aliphatic heterocycles. The summed E-state index contributed by atoms with van der Waals surface area (Å²) in [6.07, 6.45) is 1.46. The molecule has 0 fully saturated rings. The van der Waals surface area contributed by atoms with E-state index in [0.717, 1.165) is 17.8 Å². The lowest BCUT2D eigenvalue weighted by atomic mass is 10.2. The molecule has 0 saturated heterocycles. The molecular weight excluding hydrogens is 245 g/mol. The van der Waals surface area contributed by atoms with Gasteiger partial charge in [-0.25, -0.2) is 9.37 Å². The molecule has 1 aromatic rings. The quantitative estimate of drug-likeness (QED) is 0.781. The molecule has 0 aromatic carbocycles. The lowest BCUT2D eigenvalue weighted by Gasteiger charge is -1.98. The van der Waals surface area contributed by atoms with Gasteiger partial charge in [0.15, 0.2) is 11.0 Å². The van der Waals surface area contributed by atoms with Crippen LogP contribution in [0.5, 0.6) is 0 Å². The van der Waals surface area contributed by atoms with Gasteiger partial charge in [-0.3, -0.25) is 14.9 Å². The Morgan fingerprint density at radius 2 is 2.35 bits per heavy atom. The number of hydrogen-bond donors (Lipinski definition) is 2. The van der Waals surface area contributed by atoms with Gasteiger partial charge in [-0.15, -0.1) is 0 Å². The second-order valence-corrected chi connectivity index (χ2v) is 4.51. The highest BCUT2D eigenvalue weighted by Crippen LogP contribution is 2.25. The third-order valence-corrected chi connectivity index (χ3v) is 3.26.